The molecule has 2 saturated heterocycles. The van der Waals surface area contributed by atoms with Crippen LogP contribution in [0, 0.1) is 5.92 Å². The normalized spacial score (nSPS) is 35.0. The molecule has 0 spiro atoms. The Morgan fingerprint density at radius 3 is 2.58 bits per heavy atom. The van der Waals surface area contributed by atoms with Crippen LogP contribution in [0.1, 0.15) is 57.8 Å². The van der Waals surface area contributed by atoms with Gasteiger partial charge >= 0.3 is 0 Å². The molecule has 0 bridgehead atoms. The number of piperidine rings is 1. The van der Waals surface area contributed by atoms with Crippen LogP contribution in [-0.4, -0.2) is 47.9 Å². The number of likely N-dealkylation sites (tertiary alicyclic amines) is 2. The Bertz CT molecular complexity index is 325. The zero-order valence-electron chi connectivity index (χ0n) is 12.3. The summed E-state index contributed by atoms with van der Waals surface area (Å²) in [5.74, 6) is 1.10. The summed E-state index contributed by atoms with van der Waals surface area (Å²) in [5.41, 5.74) is 0. The predicted octanol–water partition coefficient (Wildman–Crippen LogP) is 2.65. The van der Waals surface area contributed by atoms with Gasteiger partial charge in [0.1, 0.15) is 0 Å². The summed E-state index contributed by atoms with van der Waals surface area (Å²) < 4.78 is 0. The smallest absolute Gasteiger partial charge is 0.222 e. The van der Waals surface area contributed by atoms with Crippen molar-refractivity contribution in [2.24, 2.45) is 5.92 Å². The maximum absolute atomic E-state index is 12.0. The Labute approximate surface area is 117 Å². The van der Waals surface area contributed by atoms with Crippen LogP contribution in [0.4, 0.5) is 0 Å². The molecule has 3 fully saturated rings. The van der Waals surface area contributed by atoms with Crippen molar-refractivity contribution >= 4 is 5.91 Å². The Morgan fingerprint density at radius 1 is 1.00 bits per heavy atom. The summed E-state index contributed by atoms with van der Waals surface area (Å²) in [6.07, 6.45) is 11.4. The summed E-state index contributed by atoms with van der Waals surface area (Å²) in [4.78, 5) is 16.8. The van der Waals surface area contributed by atoms with E-state index < -0.39 is 0 Å². The van der Waals surface area contributed by atoms with E-state index in [0.717, 1.165) is 24.8 Å². The SMILES string of the molecule is CN1C(=O)CCC[C@H]2CN(C3CCCCC3)CC[C@H]21. The first-order chi connectivity index (χ1) is 9.25. The van der Waals surface area contributed by atoms with Gasteiger partial charge in [0.15, 0.2) is 0 Å². The van der Waals surface area contributed by atoms with Crippen LogP contribution in [0.3, 0.4) is 0 Å². The molecule has 2 heterocycles. The van der Waals surface area contributed by atoms with E-state index in [4.69, 9.17) is 0 Å². The molecule has 0 unspecified atom stereocenters. The number of rotatable bonds is 1. The molecule has 2 atom stereocenters. The third kappa shape index (κ3) is 2.81. The summed E-state index contributed by atoms with van der Waals surface area (Å²) in [6.45, 7) is 2.45. The molecule has 3 rings (SSSR count). The largest absolute Gasteiger partial charge is 0.342 e. The van der Waals surface area contributed by atoms with Crippen LogP contribution in [-0.2, 0) is 4.79 Å². The van der Waals surface area contributed by atoms with Crippen LogP contribution < -0.4 is 0 Å². The van der Waals surface area contributed by atoms with Gasteiger partial charge in [0, 0.05) is 38.6 Å². The number of fused-ring (bicyclic) bond motifs is 1. The van der Waals surface area contributed by atoms with Gasteiger partial charge in [-0.15, -0.1) is 0 Å². The maximum atomic E-state index is 12.0. The average molecular weight is 264 g/mol. The van der Waals surface area contributed by atoms with E-state index in [1.165, 1.54) is 58.0 Å². The van der Waals surface area contributed by atoms with Crippen molar-refractivity contribution < 1.29 is 4.79 Å². The lowest BCUT2D eigenvalue weighted by molar-refractivity contribution is -0.133. The fourth-order valence-electron chi connectivity index (χ4n) is 4.50. The Kier molecular flexibility index (Phi) is 4.11. The predicted molar refractivity (Wildman–Crippen MR) is 77.0 cm³/mol. The van der Waals surface area contributed by atoms with Crippen LogP contribution in [0.25, 0.3) is 0 Å². The number of hydrogen-bond acceptors (Lipinski definition) is 2. The lowest BCUT2D eigenvalue weighted by atomic mass is 9.85. The van der Waals surface area contributed by atoms with E-state index in [9.17, 15) is 4.79 Å². The lowest BCUT2D eigenvalue weighted by Gasteiger charge is -2.45. The second-order valence-corrected chi connectivity index (χ2v) is 6.80. The van der Waals surface area contributed by atoms with Gasteiger partial charge in [0.25, 0.3) is 0 Å². The molecule has 1 aliphatic carbocycles. The van der Waals surface area contributed by atoms with E-state index >= 15 is 0 Å². The molecular weight excluding hydrogens is 236 g/mol. The first-order valence-corrected chi connectivity index (χ1v) is 8.25. The van der Waals surface area contributed by atoms with Crippen LogP contribution in [0.15, 0.2) is 0 Å². The minimum absolute atomic E-state index is 0.374. The van der Waals surface area contributed by atoms with Gasteiger partial charge in [-0.3, -0.25) is 9.69 Å². The van der Waals surface area contributed by atoms with Gasteiger partial charge in [0.05, 0.1) is 0 Å². The van der Waals surface area contributed by atoms with Crippen molar-refractivity contribution in [3.05, 3.63) is 0 Å². The van der Waals surface area contributed by atoms with Crippen LogP contribution in [0.5, 0.6) is 0 Å². The van der Waals surface area contributed by atoms with Gasteiger partial charge < -0.3 is 4.90 Å². The van der Waals surface area contributed by atoms with Crippen molar-refractivity contribution in [2.45, 2.75) is 69.9 Å². The lowest BCUT2D eigenvalue weighted by Crippen LogP contribution is -2.53. The quantitative estimate of drug-likeness (QED) is 0.727. The molecule has 0 aromatic heterocycles. The highest BCUT2D eigenvalue weighted by atomic mass is 16.2. The summed E-state index contributed by atoms with van der Waals surface area (Å²) in [6, 6.07) is 1.37. The number of carbonyl (C=O) groups is 1. The summed E-state index contributed by atoms with van der Waals surface area (Å²) >= 11 is 0. The fourth-order valence-corrected chi connectivity index (χ4v) is 4.50. The highest BCUT2D eigenvalue weighted by molar-refractivity contribution is 5.76. The topological polar surface area (TPSA) is 23.6 Å². The molecule has 3 aliphatic rings. The summed E-state index contributed by atoms with van der Waals surface area (Å²) in [7, 11) is 2.03. The molecule has 1 saturated carbocycles. The maximum Gasteiger partial charge on any atom is 0.222 e. The first kappa shape index (κ1) is 13.4. The van der Waals surface area contributed by atoms with E-state index in [-0.39, 0.29) is 0 Å². The van der Waals surface area contributed by atoms with Gasteiger partial charge in [-0.25, -0.2) is 0 Å². The van der Waals surface area contributed by atoms with Gasteiger partial charge in [-0.2, -0.15) is 0 Å². The molecule has 3 heteroatoms. The van der Waals surface area contributed by atoms with E-state index in [1.807, 2.05) is 7.05 Å². The minimum atomic E-state index is 0.374. The third-order valence-corrected chi connectivity index (χ3v) is 5.67. The van der Waals surface area contributed by atoms with Crippen molar-refractivity contribution in [1.82, 2.24) is 9.80 Å². The van der Waals surface area contributed by atoms with Gasteiger partial charge in [-0.05, 0) is 38.0 Å². The highest BCUT2D eigenvalue weighted by Crippen LogP contribution is 2.33. The standard InChI is InChI=1S/C16H28N2O/c1-17-15-10-11-18(14-7-3-2-4-8-14)12-13(15)6-5-9-16(17)19/h13-15H,2-12H2,1H3/t13-,15+/m0/s1. The van der Waals surface area contributed by atoms with E-state index in [1.54, 1.807) is 0 Å². The van der Waals surface area contributed by atoms with Gasteiger partial charge in [-0.1, -0.05) is 19.3 Å². The van der Waals surface area contributed by atoms with Crippen molar-refractivity contribution in [3.63, 3.8) is 0 Å². The molecule has 3 nitrogen and oxygen atoms in total. The second-order valence-electron chi connectivity index (χ2n) is 6.80. The summed E-state index contributed by atoms with van der Waals surface area (Å²) in [5, 5.41) is 0. The number of amides is 1. The first-order valence-electron chi connectivity index (χ1n) is 8.25. The van der Waals surface area contributed by atoms with Crippen molar-refractivity contribution in [3.8, 4) is 0 Å². The van der Waals surface area contributed by atoms with Crippen molar-refractivity contribution in [1.29, 1.82) is 0 Å². The Balaban J connectivity index is 1.64. The highest BCUT2D eigenvalue weighted by Gasteiger charge is 2.37. The number of hydrogen-bond donors (Lipinski definition) is 0. The van der Waals surface area contributed by atoms with E-state index in [2.05, 4.69) is 9.80 Å². The Hall–Kier alpha value is -0.570. The Morgan fingerprint density at radius 2 is 1.79 bits per heavy atom. The van der Waals surface area contributed by atoms with Crippen LogP contribution in [0.2, 0.25) is 0 Å². The fraction of sp³-hybridized carbons (Fsp3) is 0.938. The molecule has 0 N–H and O–H groups in total. The zero-order valence-corrected chi connectivity index (χ0v) is 12.3. The molecule has 2 aliphatic heterocycles. The van der Waals surface area contributed by atoms with Gasteiger partial charge in [0.2, 0.25) is 5.91 Å². The molecule has 0 aromatic rings. The minimum Gasteiger partial charge on any atom is -0.342 e. The average Bonchev–Trinajstić information content (AvgIpc) is 2.60. The third-order valence-electron chi connectivity index (χ3n) is 5.67. The van der Waals surface area contributed by atoms with Crippen molar-refractivity contribution in [2.75, 3.05) is 20.1 Å². The molecule has 108 valence electrons. The molecule has 19 heavy (non-hydrogen) atoms. The monoisotopic (exact) mass is 264 g/mol. The molecular formula is C16H28N2O. The second kappa shape index (κ2) is 5.82. The molecule has 0 radical (unpaired) electrons. The molecule has 0 aromatic carbocycles. The van der Waals surface area contributed by atoms with E-state index in [0.29, 0.717) is 11.9 Å². The number of carbonyl (C=O) groups excluding carboxylic acids is 1. The van der Waals surface area contributed by atoms with Crippen LogP contribution >= 0.6 is 0 Å². The zero-order chi connectivity index (χ0) is 13.2. The number of nitrogens with zero attached hydrogens (tertiary/aromatic N) is 2. The molecule has 1 amide bonds.